The number of nitrogens with one attached hydrogen (secondary N) is 2. The number of benzene rings is 1. The Balaban J connectivity index is 0.00000364. The minimum atomic E-state index is -0.925. The molecule has 0 unspecified atom stereocenters. The van der Waals surface area contributed by atoms with E-state index >= 15 is 0 Å². The lowest BCUT2D eigenvalue weighted by molar-refractivity contribution is -0.121. The molecule has 1 fully saturated rings. The van der Waals surface area contributed by atoms with Gasteiger partial charge in [0, 0.05) is 39.7 Å². The molecular weight excluding hydrogens is 469 g/mol. The van der Waals surface area contributed by atoms with Gasteiger partial charge in [0.2, 0.25) is 5.91 Å². The number of aliphatic imine (C=N–C) groups is 1. The van der Waals surface area contributed by atoms with Crippen LogP contribution in [0, 0.1) is 17.6 Å². The van der Waals surface area contributed by atoms with E-state index in [0.29, 0.717) is 25.5 Å². The summed E-state index contributed by atoms with van der Waals surface area (Å²) in [6.07, 6.45) is 2.46. The number of carbonyl (C=O) groups is 1. The molecule has 0 atom stereocenters. The number of likely N-dealkylation sites (tertiary alicyclic amines) is 1. The van der Waals surface area contributed by atoms with Crippen LogP contribution in [-0.4, -0.2) is 57.1 Å². The van der Waals surface area contributed by atoms with Gasteiger partial charge in [-0.15, -0.1) is 24.0 Å². The SMILES string of the molecule is CN=C(NCCOc1ccc(F)c(F)c1)N1CCC(CC(=O)NC)CC1.I. The molecule has 0 aliphatic carbocycles. The Bertz CT molecular complexity index is 638. The molecule has 0 spiro atoms. The number of hydrogen-bond donors (Lipinski definition) is 2. The topological polar surface area (TPSA) is 66.0 Å². The smallest absolute Gasteiger partial charge is 0.220 e. The van der Waals surface area contributed by atoms with E-state index in [1.807, 2.05) is 0 Å². The largest absolute Gasteiger partial charge is 0.492 e. The number of piperidine rings is 1. The summed E-state index contributed by atoms with van der Waals surface area (Å²) in [7, 11) is 3.38. The summed E-state index contributed by atoms with van der Waals surface area (Å²) in [5.41, 5.74) is 0. The molecule has 1 saturated heterocycles. The quantitative estimate of drug-likeness (QED) is 0.275. The third kappa shape index (κ3) is 7.47. The van der Waals surface area contributed by atoms with E-state index in [9.17, 15) is 13.6 Å². The summed E-state index contributed by atoms with van der Waals surface area (Å²) >= 11 is 0. The average molecular weight is 496 g/mol. The van der Waals surface area contributed by atoms with Gasteiger partial charge in [-0.3, -0.25) is 9.79 Å². The van der Waals surface area contributed by atoms with E-state index in [4.69, 9.17) is 4.74 Å². The van der Waals surface area contributed by atoms with Gasteiger partial charge in [0.05, 0.1) is 6.54 Å². The van der Waals surface area contributed by atoms with Crippen LogP contribution in [0.15, 0.2) is 23.2 Å². The molecule has 1 aromatic rings. The van der Waals surface area contributed by atoms with Gasteiger partial charge in [0.25, 0.3) is 0 Å². The van der Waals surface area contributed by atoms with E-state index in [-0.39, 0.29) is 35.6 Å². The summed E-state index contributed by atoms with van der Waals surface area (Å²) in [5.74, 6) is -0.268. The van der Waals surface area contributed by atoms with Gasteiger partial charge in [-0.2, -0.15) is 0 Å². The molecule has 1 aliphatic heterocycles. The van der Waals surface area contributed by atoms with Crippen molar-refractivity contribution in [2.75, 3.05) is 40.3 Å². The molecule has 152 valence electrons. The molecule has 1 aromatic carbocycles. The Morgan fingerprint density at radius 3 is 2.59 bits per heavy atom. The number of guanidine groups is 1. The predicted octanol–water partition coefficient (Wildman–Crippen LogP) is 2.39. The van der Waals surface area contributed by atoms with Gasteiger partial charge < -0.3 is 20.3 Å². The van der Waals surface area contributed by atoms with Gasteiger partial charge in [-0.25, -0.2) is 8.78 Å². The Kier molecular flexibility index (Phi) is 10.3. The zero-order chi connectivity index (χ0) is 18.9. The molecular formula is C18H27F2IN4O2. The first-order chi connectivity index (χ1) is 12.5. The Morgan fingerprint density at radius 1 is 1.30 bits per heavy atom. The maximum Gasteiger partial charge on any atom is 0.220 e. The number of nitrogens with zero attached hydrogens (tertiary/aromatic N) is 2. The Morgan fingerprint density at radius 2 is 2.00 bits per heavy atom. The first kappa shape index (κ1) is 23.4. The fourth-order valence-electron chi connectivity index (χ4n) is 2.94. The maximum atomic E-state index is 13.1. The Labute approximate surface area is 175 Å². The number of carbonyl (C=O) groups excluding carboxylic acids is 1. The van der Waals surface area contributed by atoms with Crippen molar-refractivity contribution in [3.8, 4) is 5.75 Å². The van der Waals surface area contributed by atoms with Gasteiger partial charge in [0.15, 0.2) is 17.6 Å². The molecule has 1 amide bonds. The van der Waals surface area contributed by atoms with E-state index in [1.54, 1.807) is 14.1 Å². The van der Waals surface area contributed by atoms with Crippen molar-refractivity contribution >= 4 is 35.8 Å². The second kappa shape index (κ2) is 11.9. The van der Waals surface area contributed by atoms with Crippen molar-refractivity contribution in [3.05, 3.63) is 29.8 Å². The summed E-state index contributed by atoms with van der Waals surface area (Å²) < 4.78 is 31.4. The molecule has 0 aromatic heterocycles. The molecule has 1 heterocycles. The first-order valence-electron chi connectivity index (χ1n) is 8.77. The molecule has 2 rings (SSSR count). The van der Waals surface area contributed by atoms with E-state index in [0.717, 1.165) is 44.0 Å². The number of hydrogen-bond acceptors (Lipinski definition) is 3. The lowest BCUT2D eigenvalue weighted by Gasteiger charge is -2.34. The van der Waals surface area contributed by atoms with Gasteiger partial charge >= 0.3 is 0 Å². The van der Waals surface area contributed by atoms with E-state index in [2.05, 4.69) is 20.5 Å². The Hall–Kier alpha value is -1.65. The molecule has 2 N–H and O–H groups in total. The third-order valence-corrected chi connectivity index (χ3v) is 4.42. The molecule has 0 bridgehead atoms. The van der Waals surface area contributed by atoms with Crippen LogP contribution in [0.2, 0.25) is 0 Å². The number of halogens is 3. The van der Waals surface area contributed by atoms with Crippen LogP contribution in [0.3, 0.4) is 0 Å². The van der Waals surface area contributed by atoms with Crippen LogP contribution in [0.1, 0.15) is 19.3 Å². The van der Waals surface area contributed by atoms with Crippen molar-refractivity contribution in [2.24, 2.45) is 10.9 Å². The van der Waals surface area contributed by atoms with E-state index < -0.39 is 11.6 Å². The first-order valence-corrected chi connectivity index (χ1v) is 8.77. The predicted molar refractivity (Wildman–Crippen MR) is 112 cm³/mol. The lowest BCUT2D eigenvalue weighted by atomic mass is 9.93. The number of ether oxygens (including phenoxy) is 1. The minimum Gasteiger partial charge on any atom is -0.492 e. The summed E-state index contributed by atoms with van der Waals surface area (Å²) in [4.78, 5) is 17.9. The van der Waals surface area contributed by atoms with Crippen molar-refractivity contribution in [3.63, 3.8) is 0 Å². The molecule has 27 heavy (non-hydrogen) atoms. The van der Waals surface area contributed by atoms with Crippen molar-refractivity contribution < 1.29 is 18.3 Å². The highest BCUT2D eigenvalue weighted by molar-refractivity contribution is 14.0. The average Bonchev–Trinajstić information content (AvgIpc) is 2.65. The van der Waals surface area contributed by atoms with Crippen molar-refractivity contribution in [1.29, 1.82) is 0 Å². The highest BCUT2D eigenvalue weighted by Crippen LogP contribution is 2.20. The van der Waals surface area contributed by atoms with Crippen LogP contribution in [0.4, 0.5) is 8.78 Å². The fraction of sp³-hybridized carbons (Fsp3) is 0.556. The van der Waals surface area contributed by atoms with Crippen LogP contribution in [-0.2, 0) is 4.79 Å². The lowest BCUT2D eigenvalue weighted by Crippen LogP contribution is -2.46. The molecule has 6 nitrogen and oxygen atoms in total. The third-order valence-electron chi connectivity index (χ3n) is 4.42. The highest BCUT2D eigenvalue weighted by atomic mass is 127. The van der Waals surface area contributed by atoms with Crippen LogP contribution >= 0.6 is 24.0 Å². The fourth-order valence-corrected chi connectivity index (χ4v) is 2.94. The highest BCUT2D eigenvalue weighted by Gasteiger charge is 2.22. The normalized spacial score (nSPS) is 15.1. The minimum absolute atomic E-state index is 0. The van der Waals surface area contributed by atoms with Crippen LogP contribution < -0.4 is 15.4 Å². The molecule has 0 radical (unpaired) electrons. The zero-order valence-corrected chi connectivity index (χ0v) is 18.0. The molecule has 9 heteroatoms. The van der Waals surface area contributed by atoms with Crippen molar-refractivity contribution in [2.45, 2.75) is 19.3 Å². The standard InChI is InChI=1S/C18H26F2N4O2.HI/c1-21-17(25)11-13-5-8-24(9-6-13)18(22-2)23-7-10-26-14-3-4-15(19)16(20)12-14;/h3-4,12-13H,5-11H2,1-2H3,(H,21,25)(H,22,23);1H. The maximum absolute atomic E-state index is 13.1. The zero-order valence-electron chi connectivity index (χ0n) is 15.6. The van der Waals surface area contributed by atoms with Crippen molar-refractivity contribution in [1.82, 2.24) is 15.5 Å². The number of amides is 1. The van der Waals surface area contributed by atoms with Gasteiger partial charge in [-0.1, -0.05) is 0 Å². The summed E-state index contributed by atoms with van der Waals surface area (Å²) in [6.45, 7) is 2.47. The second-order valence-corrected chi connectivity index (χ2v) is 6.21. The summed E-state index contributed by atoms with van der Waals surface area (Å²) in [5, 5.41) is 5.87. The summed E-state index contributed by atoms with van der Waals surface area (Å²) in [6, 6.07) is 3.46. The second-order valence-electron chi connectivity index (χ2n) is 6.21. The molecule has 0 saturated carbocycles. The van der Waals surface area contributed by atoms with E-state index in [1.165, 1.54) is 6.07 Å². The van der Waals surface area contributed by atoms with Gasteiger partial charge in [-0.05, 0) is 30.9 Å². The van der Waals surface area contributed by atoms with Crippen LogP contribution in [0.5, 0.6) is 5.75 Å². The monoisotopic (exact) mass is 496 g/mol. The van der Waals surface area contributed by atoms with Crippen LogP contribution in [0.25, 0.3) is 0 Å². The molecule has 1 aliphatic rings. The number of rotatable bonds is 6. The van der Waals surface area contributed by atoms with Gasteiger partial charge in [0.1, 0.15) is 12.4 Å².